The molecule has 1 amide bonds. The molecule has 4 nitrogen and oxygen atoms in total. The second-order valence-corrected chi connectivity index (χ2v) is 5.23. The number of nitrogens with one attached hydrogen (secondary N) is 1. The smallest absolute Gasteiger partial charge is 0.242 e. The summed E-state index contributed by atoms with van der Waals surface area (Å²) in [4.78, 5) is 12.3. The molecule has 2 unspecified atom stereocenters. The molecule has 21 heavy (non-hydrogen) atoms. The minimum absolute atomic E-state index is 0.204. The third-order valence-corrected chi connectivity index (χ3v) is 3.57. The molecule has 2 aromatic rings. The number of aliphatic hydroxyl groups excluding tert-OH is 1. The molecule has 0 saturated carbocycles. The number of amides is 1. The first kappa shape index (κ1) is 15.2. The highest BCUT2D eigenvalue weighted by atomic mass is 16.3. The van der Waals surface area contributed by atoms with Crippen molar-refractivity contribution in [1.29, 1.82) is 0 Å². The van der Waals surface area contributed by atoms with Gasteiger partial charge in [0.25, 0.3) is 0 Å². The van der Waals surface area contributed by atoms with E-state index in [-0.39, 0.29) is 12.5 Å². The van der Waals surface area contributed by atoms with Gasteiger partial charge in [-0.3, -0.25) is 4.79 Å². The molecule has 2 aromatic carbocycles. The lowest BCUT2D eigenvalue weighted by Gasteiger charge is -2.30. The molecule has 0 aliphatic heterocycles. The third-order valence-electron chi connectivity index (χ3n) is 3.57. The Morgan fingerprint density at radius 3 is 2.19 bits per heavy atom. The number of carbonyl (C=O) groups excluding carboxylic acids is 1. The normalized spacial score (nSPS) is 15.0. The minimum Gasteiger partial charge on any atom is -0.394 e. The van der Waals surface area contributed by atoms with Gasteiger partial charge in [0.15, 0.2) is 0 Å². The zero-order chi connectivity index (χ0) is 15.3. The third kappa shape index (κ3) is 3.48. The quantitative estimate of drug-likeness (QED) is 0.782. The number of rotatable bonds is 5. The van der Waals surface area contributed by atoms with Crippen molar-refractivity contribution in [2.24, 2.45) is 5.73 Å². The maximum absolute atomic E-state index is 12.3. The van der Waals surface area contributed by atoms with E-state index in [1.807, 2.05) is 60.7 Å². The summed E-state index contributed by atoms with van der Waals surface area (Å²) in [6.07, 6.45) is 0. The fourth-order valence-electron chi connectivity index (χ4n) is 2.17. The first-order valence-corrected chi connectivity index (χ1v) is 6.86. The molecule has 0 aromatic heterocycles. The van der Waals surface area contributed by atoms with E-state index in [2.05, 4.69) is 5.32 Å². The summed E-state index contributed by atoms with van der Waals surface area (Å²) in [6.45, 7) is 1.57. The molecule has 0 aliphatic carbocycles. The first-order chi connectivity index (χ1) is 10.1. The lowest BCUT2D eigenvalue weighted by atomic mass is 9.92. The van der Waals surface area contributed by atoms with E-state index in [0.717, 1.165) is 11.1 Å². The number of benzene rings is 2. The predicted octanol–water partition coefficient (Wildman–Crippen LogP) is 1.71. The van der Waals surface area contributed by atoms with Crippen molar-refractivity contribution < 1.29 is 9.90 Å². The van der Waals surface area contributed by atoms with Crippen molar-refractivity contribution >= 4 is 5.91 Å². The SMILES string of the molecule is CC(CO)(NC(=O)C(N)c1ccccc1)c1ccccc1. The Kier molecular flexibility index (Phi) is 4.73. The van der Waals surface area contributed by atoms with Gasteiger partial charge in [-0.05, 0) is 18.1 Å². The molecule has 0 heterocycles. The molecule has 2 atom stereocenters. The fraction of sp³-hybridized carbons (Fsp3) is 0.235. The molecule has 4 heteroatoms. The lowest BCUT2D eigenvalue weighted by Crippen LogP contribution is -2.49. The van der Waals surface area contributed by atoms with E-state index < -0.39 is 11.6 Å². The molecule has 0 radical (unpaired) electrons. The van der Waals surface area contributed by atoms with Gasteiger partial charge in [-0.1, -0.05) is 60.7 Å². The highest BCUT2D eigenvalue weighted by Crippen LogP contribution is 2.21. The van der Waals surface area contributed by atoms with E-state index in [9.17, 15) is 9.90 Å². The Morgan fingerprint density at radius 1 is 1.14 bits per heavy atom. The van der Waals surface area contributed by atoms with Gasteiger partial charge >= 0.3 is 0 Å². The summed E-state index contributed by atoms with van der Waals surface area (Å²) >= 11 is 0. The first-order valence-electron chi connectivity index (χ1n) is 6.86. The second-order valence-electron chi connectivity index (χ2n) is 5.23. The molecular weight excluding hydrogens is 264 g/mol. The van der Waals surface area contributed by atoms with Crippen molar-refractivity contribution in [1.82, 2.24) is 5.32 Å². The maximum Gasteiger partial charge on any atom is 0.242 e. The van der Waals surface area contributed by atoms with Gasteiger partial charge in [0.05, 0.1) is 12.1 Å². The number of aliphatic hydroxyl groups is 1. The van der Waals surface area contributed by atoms with Crippen LogP contribution in [0.2, 0.25) is 0 Å². The standard InChI is InChI=1S/C17H20N2O2/c1-17(12-20,14-10-6-3-7-11-14)19-16(21)15(18)13-8-4-2-5-9-13/h2-11,15,20H,12,18H2,1H3,(H,19,21). The zero-order valence-electron chi connectivity index (χ0n) is 12.0. The molecule has 0 bridgehead atoms. The Bertz CT molecular complexity index is 586. The van der Waals surface area contributed by atoms with Crippen LogP contribution in [0.25, 0.3) is 0 Å². The number of nitrogens with two attached hydrogens (primary N) is 1. The Hall–Kier alpha value is -2.17. The van der Waals surface area contributed by atoms with Gasteiger partial charge in [-0.2, -0.15) is 0 Å². The van der Waals surface area contributed by atoms with Gasteiger partial charge in [-0.15, -0.1) is 0 Å². The van der Waals surface area contributed by atoms with Crippen LogP contribution >= 0.6 is 0 Å². The van der Waals surface area contributed by atoms with Gasteiger partial charge in [0, 0.05) is 0 Å². The van der Waals surface area contributed by atoms with Crippen LogP contribution < -0.4 is 11.1 Å². The fourth-order valence-corrected chi connectivity index (χ4v) is 2.17. The Balaban J connectivity index is 2.17. The van der Waals surface area contributed by atoms with Gasteiger partial charge in [0.1, 0.15) is 6.04 Å². The average molecular weight is 284 g/mol. The molecule has 4 N–H and O–H groups in total. The van der Waals surface area contributed by atoms with Crippen molar-refractivity contribution in [3.8, 4) is 0 Å². The van der Waals surface area contributed by atoms with Gasteiger partial charge < -0.3 is 16.2 Å². The van der Waals surface area contributed by atoms with Crippen LogP contribution in [0.5, 0.6) is 0 Å². The number of hydrogen-bond donors (Lipinski definition) is 3. The molecule has 0 fully saturated rings. The van der Waals surface area contributed by atoms with Crippen molar-refractivity contribution in [2.75, 3.05) is 6.61 Å². The van der Waals surface area contributed by atoms with Gasteiger partial charge in [0.2, 0.25) is 5.91 Å². The van der Waals surface area contributed by atoms with Crippen LogP contribution in [0.15, 0.2) is 60.7 Å². The number of carbonyl (C=O) groups is 1. The molecule has 0 spiro atoms. The molecule has 0 saturated heterocycles. The Morgan fingerprint density at radius 2 is 1.67 bits per heavy atom. The summed E-state index contributed by atoms with van der Waals surface area (Å²) < 4.78 is 0. The van der Waals surface area contributed by atoms with E-state index >= 15 is 0 Å². The summed E-state index contributed by atoms with van der Waals surface area (Å²) in [5.41, 5.74) is 6.70. The van der Waals surface area contributed by atoms with Crippen LogP contribution in [0.3, 0.4) is 0 Å². The van der Waals surface area contributed by atoms with E-state index in [0.29, 0.717) is 0 Å². The zero-order valence-corrected chi connectivity index (χ0v) is 12.0. The molecule has 0 aliphatic rings. The average Bonchev–Trinajstić information content (AvgIpc) is 2.55. The number of hydrogen-bond acceptors (Lipinski definition) is 3. The summed E-state index contributed by atoms with van der Waals surface area (Å²) in [5.74, 6) is -0.318. The summed E-state index contributed by atoms with van der Waals surface area (Å²) in [6, 6.07) is 17.8. The topological polar surface area (TPSA) is 75.3 Å². The predicted molar refractivity (Wildman–Crippen MR) is 82.4 cm³/mol. The van der Waals surface area contributed by atoms with Crippen LogP contribution in [0.1, 0.15) is 24.1 Å². The van der Waals surface area contributed by atoms with Crippen molar-refractivity contribution in [3.05, 3.63) is 71.8 Å². The van der Waals surface area contributed by atoms with Crippen molar-refractivity contribution in [3.63, 3.8) is 0 Å². The highest BCUT2D eigenvalue weighted by Gasteiger charge is 2.30. The molecule has 110 valence electrons. The monoisotopic (exact) mass is 284 g/mol. The second kappa shape index (κ2) is 6.52. The van der Waals surface area contributed by atoms with E-state index in [1.54, 1.807) is 6.92 Å². The van der Waals surface area contributed by atoms with Gasteiger partial charge in [-0.25, -0.2) is 0 Å². The molecule has 2 rings (SSSR count). The largest absolute Gasteiger partial charge is 0.394 e. The highest BCUT2D eigenvalue weighted by molar-refractivity contribution is 5.83. The van der Waals surface area contributed by atoms with Crippen LogP contribution in [0.4, 0.5) is 0 Å². The van der Waals surface area contributed by atoms with Crippen LogP contribution in [0, 0.1) is 0 Å². The minimum atomic E-state index is -0.856. The molecular formula is C17H20N2O2. The van der Waals surface area contributed by atoms with Crippen LogP contribution in [-0.4, -0.2) is 17.6 Å². The van der Waals surface area contributed by atoms with Crippen molar-refractivity contribution in [2.45, 2.75) is 18.5 Å². The Labute approximate surface area is 124 Å². The lowest BCUT2D eigenvalue weighted by molar-refractivity contribution is -0.125. The summed E-state index contributed by atoms with van der Waals surface area (Å²) in [5, 5.41) is 12.5. The maximum atomic E-state index is 12.3. The van der Waals surface area contributed by atoms with E-state index in [4.69, 9.17) is 5.73 Å². The van der Waals surface area contributed by atoms with Crippen LogP contribution in [-0.2, 0) is 10.3 Å². The van der Waals surface area contributed by atoms with E-state index in [1.165, 1.54) is 0 Å². The summed E-state index contributed by atoms with van der Waals surface area (Å²) in [7, 11) is 0.